The molecule has 1 fully saturated rings. The van der Waals surface area contributed by atoms with E-state index in [2.05, 4.69) is 0 Å². The number of hydrogen-bond donors (Lipinski definition) is 0. The van der Waals surface area contributed by atoms with Crippen LogP contribution < -0.4 is 0 Å². The lowest BCUT2D eigenvalue weighted by Gasteiger charge is -1.99. The van der Waals surface area contributed by atoms with Crippen LogP contribution in [0.2, 0.25) is 0 Å². The summed E-state index contributed by atoms with van der Waals surface area (Å²) in [7, 11) is 0. The summed E-state index contributed by atoms with van der Waals surface area (Å²) >= 11 is 0. The van der Waals surface area contributed by atoms with Crippen molar-refractivity contribution in [1.29, 1.82) is 0 Å². The van der Waals surface area contributed by atoms with E-state index in [1.807, 2.05) is 19.9 Å². The van der Waals surface area contributed by atoms with E-state index in [0.717, 1.165) is 5.57 Å². The predicted octanol–water partition coefficient (Wildman–Crippen LogP) is 1.91. The summed E-state index contributed by atoms with van der Waals surface area (Å²) in [6.07, 6.45) is 4.48. The highest BCUT2D eigenvalue weighted by Gasteiger charge is 2.20. The first-order valence-electron chi connectivity index (χ1n) is 4.09. The van der Waals surface area contributed by atoms with E-state index in [1.165, 1.54) is 12.8 Å². The molecule has 0 aromatic rings. The van der Waals surface area contributed by atoms with Crippen molar-refractivity contribution < 1.29 is 9.53 Å². The van der Waals surface area contributed by atoms with Crippen molar-refractivity contribution in [2.75, 3.05) is 6.61 Å². The minimum Gasteiger partial charge on any atom is -0.463 e. The average molecular weight is 154 g/mol. The first kappa shape index (κ1) is 8.31. The van der Waals surface area contributed by atoms with Gasteiger partial charge in [-0.05, 0) is 32.6 Å². The molecule has 1 aliphatic rings. The molecule has 0 aromatic heterocycles. The van der Waals surface area contributed by atoms with Crippen LogP contribution in [-0.2, 0) is 9.53 Å². The van der Waals surface area contributed by atoms with Crippen LogP contribution in [0.1, 0.15) is 26.7 Å². The zero-order valence-electron chi connectivity index (χ0n) is 7.09. The first-order valence-corrected chi connectivity index (χ1v) is 4.09. The number of allylic oxidation sites excluding steroid dienone is 1. The number of rotatable bonds is 3. The Balaban J connectivity index is 2.37. The third kappa shape index (κ3) is 2.74. The van der Waals surface area contributed by atoms with E-state index < -0.39 is 0 Å². The number of hydrogen-bond acceptors (Lipinski definition) is 2. The van der Waals surface area contributed by atoms with Crippen LogP contribution in [0.3, 0.4) is 0 Å². The third-order valence-electron chi connectivity index (χ3n) is 1.71. The van der Waals surface area contributed by atoms with Crippen molar-refractivity contribution >= 4 is 5.97 Å². The number of ether oxygens (including phenoxy) is 1. The highest BCUT2D eigenvalue weighted by atomic mass is 16.5. The predicted molar refractivity (Wildman–Crippen MR) is 43.1 cm³/mol. The lowest BCUT2D eigenvalue weighted by molar-refractivity contribution is -0.138. The summed E-state index contributed by atoms with van der Waals surface area (Å²) in [5.74, 6) is 0.485. The summed E-state index contributed by atoms with van der Waals surface area (Å²) in [6, 6.07) is 0. The Hall–Kier alpha value is -0.790. The summed E-state index contributed by atoms with van der Waals surface area (Å²) in [5, 5.41) is 0. The molecule has 0 aliphatic heterocycles. The molecule has 0 amide bonds. The third-order valence-corrected chi connectivity index (χ3v) is 1.71. The van der Waals surface area contributed by atoms with Crippen molar-refractivity contribution in [3.8, 4) is 0 Å². The SMILES string of the molecule is CCOC(=O)C(C)=CC1CC1. The van der Waals surface area contributed by atoms with E-state index in [0.29, 0.717) is 12.5 Å². The van der Waals surface area contributed by atoms with E-state index in [1.54, 1.807) is 0 Å². The molecule has 0 N–H and O–H groups in total. The monoisotopic (exact) mass is 154 g/mol. The van der Waals surface area contributed by atoms with Crippen molar-refractivity contribution in [2.24, 2.45) is 5.92 Å². The topological polar surface area (TPSA) is 26.3 Å². The van der Waals surface area contributed by atoms with E-state index in [4.69, 9.17) is 4.74 Å². The van der Waals surface area contributed by atoms with Gasteiger partial charge in [-0.15, -0.1) is 0 Å². The Morgan fingerprint density at radius 3 is 2.73 bits per heavy atom. The zero-order chi connectivity index (χ0) is 8.27. The minimum atomic E-state index is -0.167. The molecule has 2 nitrogen and oxygen atoms in total. The van der Waals surface area contributed by atoms with Gasteiger partial charge in [0.05, 0.1) is 6.61 Å². The second-order valence-electron chi connectivity index (χ2n) is 2.91. The van der Waals surface area contributed by atoms with Gasteiger partial charge in [0, 0.05) is 5.57 Å². The smallest absolute Gasteiger partial charge is 0.333 e. The molecule has 2 heteroatoms. The number of carbonyl (C=O) groups excluding carboxylic acids is 1. The fraction of sp³-hybridized carbons (Fsp3) is 0.667. The largest absolute Gasteiger partial charge is 0.463 e. The Morgan fingerprint density at radius 2 is 2.27 bits per heavy atom. The summed E-state index contributed by atoms with van der Waals surface area (Å²) in [5.41, 5.74) is 0.759. The Kier molecular flexibility index (Phi) is 2.69. The molecular weight excluding hydrogens is 140 g/mol. The molecule has 62 valence electrons. The second kappa shape index (κ2) is 3.56. The molecule has 1 rings (SSSR count). The van der Waals surface area contributed by atoms with Gasteiger partial charge in [-0.25, -0.2) is 4.79 Å². The standard InChI is InChI=1S/C9H14O2/c1-3-11-9(10)7(2)6-8-4-5-8/h6,8H,3-5H2,1-2H3. The lowest BCUT2D eigenvalue weighted by Crippen LogP contribution is -2.05. The highest BCUT2D eigenvalue weighted by Crippen LogP contribution is 2.31. The molecule has 11 heavy (non-hydrogen) atoms. The Morgan fingerprint density at radius 1 is 1.64 bits per heavy atom. The van der Waals surface area contributed by atoms with Gasteiger partial charge in [0.1, 0.15) is 0 Å². The van der Waals surface area contributed by atoms with E-state index >= 15 is 0 Å². The number of carbonyl (C=O) groups is 1. The van der Waals surface area contributed by atoms with Crippen molar-refractivity contribution in [3.63, 3.8) is 0 Å². The van der Waals surface area contributed by atoms with Crippen LogP contribution in [0.5, 0.6) is 0 Å². The lowest BCUT2D eigenvalue weighted by atomic mass is 10.2. The maximum Gasteiger partial charge on any atom is 0.333 e. The molecule has 0 aromatic carbocycles. The van der Waals surface area contributed by atoms with Crippen LogP contribution in [0.25, 0.3) is 0 Å². The van der Waals surface area contributed by atoms with Gasteiger partial charge in [0.15, 0.2) is 0 Å². The average Bonchev–Trinajstić information content (AvgIpc) is 2.72. The molecule has 0 atom stereocenters. The van der Waals surface area contributed by atoms with Gasteiger partial charge >= 0.3 is 5.97 Å². The number of esters is 1. The fourth-order valence-corrected chi connectivity index (χ4v) is 0.929. The molecular formula is C9H14O2. The van der Waals surface area contributed by atoms with Crippen molar-refractivity contribution in [1.82, 2.24) is 0 Å². The molecule has 1 saturated carbocycles. The van der Waals surface area contributed by atoms with Crippen molar-refractivity contribution in [2.45, 2.75) is 26.7 Å². The summed E-state index contributed by atoms with van der Waals surface area (Å²) in [4.78, 5) is 11.0. The Bertz CT molecular complexity index is 178. The molecule has 1 aliphatic carbocycles. The van der Waals surface area contributed by atoms with Crippen LogP contribution in [0.4, 0.5) is 0 Å². The quantitative estimate of drug-likeness (QED) is 0.458. The van der Waals surface area contributed by atoms with Gasteiger partial charge in [-0.2, -0.15) is 0 Å². The van der Waals surface area contributed by atoms with Crippen molar-refractivity contribution in [3.05, 3.63) is 11.6 Å². The molecule has 0 spiro atoms. The van der Waals surface area contributed by atoms with Gasteiger partial charge in [0.25, 0.3) is 0 Å². The maximum atomic E-state index is 11.0. The van der Waals surface area contributed by atoms with E-state index in [-0.39, 0.29) is 5.97 Å². The van der Waals surface area contributed by atoms with Crippen LogP contribution in [-0.4, -0.2) is 12.6 Å². The highest BCUT2D eigenvalue weighted by molar-refractivity contribution is 5.87. The minimum absolute atomic E-state index is 0.167. The molecule has 0 unspecified atom stereocenters. The maximum absolute atomic E-state index is 11.0. The second-order valence-corrected chi connectivity index (χ2v) is 2.91. The Labute approximate surface area is 67.2 Å². The normalized spacial score (nSPS) is 18.2. The van der Waals surface area contributed by atoms with Gasteiger partial charge in [-0.1, -0.05) is 6.08 Å². The molecule has 0 saturated heterocycles. The van der Waals surface area contributed by atoms with E-state index in [9.17, 15) is 4.79 Å². The van der Waals surface area contributed by atoms with Gasteiger partial charge in [-0.3, -0.25) is 0 Å². The summed E-state index contributed by atoms with van der Waals surface area (Å²) in [6.45, 7) is 4.10. The molecule has 0 bridgehead atoms. The van der Waals surface area contributed by atoms with Crippen LogP contribution >= 0.6 is 0 Å². The van der Waals surface area contributed by atoms with Gasteiger partial charge < -0.3 is 4.74 Å². The molecule has 0 heterocycles. The summed E-state index contributed by atoms with van der Waals surface area (Å²) < 4.78 is 4.83. The molecule has 0 radical (unpaired) electrons. The van der Waals surface area contributed by atoms with Crippen LogP contribution in [0, 0.1) is 5.92 Å². The van der Waals surface area contributed by atoms with Gasteiger partial charge in [0.2, 0.25) is 0 Å². The fourth-order valence-electron chi connectivity index (χ4n) is 0.929. The van der Waals surface area contributed by atoms with Crippen LogP contribution in [0.15, 0.2) is 11.6 Å². The first-order chi connectivity index (χ1) is 5.24. The zero-order valence-corrected chi connectivity index (χ0v) is 7.09.